The number of rotatable bonds is 43. The molecule has 0 rings (SSSR count). The summed E-state index contributed by atoms with van der Waals surface area (Å²) in [5.74, 6) is -0.906. The molecule has 0 aromatic carbocycles. The average molecular weight is 799 g/mol. The molecule has 6 nitrogen and oxygen atoms in total. The Morgan fingerprint density at radius 1 is 0.386 bits per heavy atom. The molecule has 0 bridgehead atoms. The fourth-order valence-electron chi connectivity index (χ4n) is 6.71. The number of carbonyl (C=O) groups excluding carboxylic acids is 3. The van der Waals surface area contributed by atoms with E-state index in [1.165, 1.54) is 103 Å². The van der Waals surface area contributed by atoms with Crippen LogP contribution in [0.2, 0.25) is 0 Å². The molecule has 0 fully saturated rings. The largest absolute Gasteiger partial charge is 0.462 e. The van der Waals surface area contributed by atoms with Crippen LogP contribution in [-0.2, 0) is 28.6 Å². The van der Waals surface area contributed by atoms with E-state index in [0.717, 1.165) is 96.3 Å². The van der Waals surface area contributed by atoms with Crippen LogP contribution in [0, 0.1) is 0 Å². The molecule has 0 saturated carbocycles. The molecule has 0 N–H and O–H groups in total. The zero-order chi connectivity index (χ0) is 41.5. The van der Waals surface area contributed by atoms with Gasteiger partial charge in [-0.15, -0.1) is 0 Å². The number of esters is 3. The van der Waals surface area contributed by atoms with Gasteiger partial charge in [-0.3, -0.25) is 14.4 Å². The van der Waals surface area contributed by atoms with Crippen LogP contribution in [-0.4, -0.2) is 37.2 Å². The van der Waals surface area contributed by atoms with Gasteiger partial charge in [-0.1, -0.05) is 198 Å². The summed E-state index contributed by atoms with van der Waals surface area (Å²) in [5.41, 5.74) is 0. The monoisotopic (exact) mass is 799 g/mol. The lowest BCUT2D eigenvalue weighted by molar-refractivity contribution is -0.167. The van der Waals surface area contributed by atoms with Crippen LogP contribution in [0.25, 0.3) is 0 Å². The van der Waals surface area contributed by atoms with Crippen LogP contribution in [0.5, 0.6) is 0 Å². The standard InChI is InChI=1S/C51H90O6/c1-4-7-10-13-16-19-22-25-26-27-30-32-35-38-41-44-50(53)56-47-48(57-51(54)45-42-39-36-33-29-24-21-18-15-12-9-6-3)46-55-49(52)43-40-37-34-31-28-23-20-17-14-11-8-5-2/h9,12,16,18-19,21-22,25,48H,4-8,10-11,13-15,17,20,23-24,26-47H2,1-3H3/b12-9-,19-16-,21-18-,25-22-. The maximum atomic E-state index is 12.7. The second-order valence-electron chi connectivity index (χ2n) is 16.0. The van der Waals surface area contributed by atoms with Gasteiger partial charge in [-0.05, 0) is 70.6 Å². The summed E-state index contributed by atoms with van der Waals surface area (Å²) in [5, 5.41) is 0. The minimum Gasteiger partial charge on any atom is -0.462 e. The van der Waals surface area contributed by atoms with Gasteiger partial charge in [0.2, 0.25) is 0 Å². The van der Waals surface area contributed by atoms with Crippen molar-refractivity contribution in [3.8, 4) is 0 Å². The van der Waals surface area contributed by atoms with Gasteiger partial charge in [-0.25, -0.2) is 0 Å². The highest BCUT2D eigenvalue weighted by Crippen LogP contribution is 2.14. The second-order valence-corrected chi connectivity index (χ2v) is 16.0. The zero-order valence-corrected chi connectivity index (χ0v) is 37.6. The third-order valence-electron chi connectivity index (χ3n) is 10.3. The highest BCUT2D eigenvalue weighted by molar-refractivity contribution is 5.71. The lowest BCUT2D eigenvalue weighted by Gasteiger charge is -2.18. The Kier molecular flexibility index (Phi) is 43.9. The van der Waals surface area contributed by atoms with Crippen molar-refractivity contribution in [1.82, 2.24) is 0 Å². The highest BCUT2D eigenvalue weighted by Gasteiger charge is 2.19. The van der Waals surface area contributed by atoms with E-state index in [9.17, 15) is 14.4 Å². The summed E-state index contributed by atoms with van der Waals surface area (Å²) in [6.45, 7) is 6.47. The second kappa shape index (κ2) is 46.1. The first-order valence-electron chi connectivity index (χ1n) is 24.2. The Morgan fingerprint density at radius 2 is 0.737 bits per heavy atom. The molecule has 6 heteroatoms. The van der Waals surface area contributed by atoms with Crippen molar-refractivity contribution < 1.29 is 28.6 Å². The fourth-order valence-corrected chi connectivity index (χ4v) is 6.71. The van der Waals surface area contributed by atoms with Crippen molar-refractivity contribution in [3.63, 3.8) is 0 Å². The lowest BCUT2D eigenvalue weighted by Crippen LogP contribution is -2.30. The summed E-state index contributed by atoms with van der Waals surface area (Å²) in [6, 6.07) is 0. The maximum Gasteiger partial charge on any atom is 0.306 e. The van der Waals surface area contributed by atoms with Crippen LogP contribution in [0.3, 0.4) is 0 Å². The van der Waals surface area contributed by atoms with E-state index in [4.69, 9.17) is 14.2 Å². The first kappa shape index (κ1) is 54.4. The van der Waals surface area contributed by atoms with Crippen molar-refractivity contribution in [2.24, 2.45) is 0 Å². The molecule has 0 aromatic rings. The Morgan fingerprint density at radius 3 is 1.19 bits per heavy atom. The van der Waals surface area contributed by atoms with Crippen LogP contribution in [0.1, 0.15) is 239 Å². The normalized spacial score (nSPS) is 12.4. The molecule has 0 heterocycles. The minimum atomic E-state index is -0.781. The minimum absolute atomic E-state index is 0.0811. The van der Waals surface area contributed by atoms with Gasteiger partial charge >= 0.3 is 17.9 Å². The molecule has 0 aliphatic rings. The van der Waals surface area contributed by atoms with E-state index in [1.807, 2.05) is 0 Å². The molecule has 0 spiro atoms. The van der Waals surface area contributed by atoms with Crippen LogP contribution < -0.4 is 0 Å². The van der Waals surface area contributed by atoms with Crippen molar-refractivity contribution in [2.45, 2.75) is 245 Å². The van der Waals surface area contributed by atoms with Crippen molar-refractivity contribution >= 4 is 17.9 Å². The molecule has 0 radical (unpaired) electrons. The van der Waals surface area contributed by atoms with Crippen LogP contribution in [0.15, 0.2) is 48.6 Å². The molecule has 1 unspecified atom stereocenters. The third-order valence-corrected chi connectivity index (χ3v) is 10.3. The van der Waals surface area contributed by atoms with Crippen molar-refractivity contribution in [3.05, 3.63) is 48.6 Å². The Bertz CT molecular complexity index is 1010. The number of unbranched alkanes of at least 4 members (excludes halogenated alkanes) is 25. The topological polar surface area (TPSA) is 78.9 Å². The molecule has 0 amide bonds. The number of allylic oxidation sites excluding steroid dienone is 8. The van der Waals surface area contributed by atoms with Crippen molar-refractivity contribution in [1.29, 1.82) is 0 Å². The summed E-state index contributed by atoms with van der Waals surface area (Å²) in [6.07, 6.45) is 53.7. The molecule has 1 atom stereocenters. The lowest BCUT2D eigenvalue weighted by atomic mass is 10.0. The Balaban J connectivity index is 4.39. The summed E-state index contributed by atoms with van der Waals surface area (Å²) >= 11 is 0. The van der Waals surface area contributed by atoms with E-state index < -0.39 is 6.10 Å². The zero-order valence-electron chi connectivity index (χ0n) is 37.6. The predicted octanol–water partition coefficient (Wildman–Crippen LogP) is 15.5. The third kappa shape index (κ3) is 44.3. The molecule has 0 aliphatic carbocycles. The van der Waals surface area contributed by atoms with Gasteiger partial charge in [0.05, 0.1) is 0 Å². The molecule has 0 aromatic heterocycles. The quantitative estimate of drug-likeness (QED) is 0.0201. The highest BCUT2D eigenvalue weighted by atomic mass is 16.6. The fraction of sp³-hybridized carbons (Fsp3) is 0.784. The molecule has 330 valence electrons. The molecular formula is C51H90O6. The number of carbonyl (C=O) groups is 3. The van der Waals surface area contributed by atoms with Gasteiger partial charge in [0, 0.05) is 19.3 Å². The van der Waals surface area contributed by atoms with E-state index in [0.29, 0.717) is 19.3 Å². The predicted molar refractivity (Wildman–Crippen MR) is 242 cm³/mol. The smallest absolute Gasteiger partial charge is 0.306 e. The maximum absolute atomic E-state index is 12.7. The van der Waals surface area contributed by atoms with Crippen LogP contribution in [0.4, 0.5) is 0 Å². The van der Waals surface area contributed by atoms with Gasteiger partial charge in [0.1, 0.15) is 13.2 Å². The molecule has 0 saturated heterocycles. The summed E-state index contributed by atoms with van der Waals surface area (Å²) < 4.78 is 16.7. The number of ether oxygens (including phenoxy) is 3. The molecular weight excluding hydrogens is 709 g/mol. The summed E-state index contributed by atoms with van der Waals surface area (Å²) in [7, 11) is 0. The van der Waals surface area contributed by atoms with E-state index in [-0.39, 0.29) is 31.1 Å². The Hall–Kier alpha value is -2.63. The van der Waals surface area contributed by atoms with Gasteiger partial charge in [0.15, 0.2) is 6.10 Å². The number of hydrogen-bond donors (Lipinski definition) is 0. The van der Waals surface area contributed by atoms with E-state index in [2.05, 4.69) is 69.4 Å². The molecule has 57 heavy (non-hydrogen) atoms. The average Bonchev–Trinajstić information content (AvgIpc) is 3.21. The number of hydrogen-bond acceptors (Lipinski definition) is 6. The first-order chi connectivity index (χ1) is 28.0. The van der Waals surface area contributed by atoms with Gasteiger partial charge in [-0.2, -0.15) is 0 Å². The van der Waals surface area contributed by atoms with Gasteiger partial charge < -0.3 is 14.2 Å². The Labute approximate surface area is 352 Å². The SMILES string of the molecule is CC/C=C\C/C=C\CCCCCCCC(=O)OC(COC(=O)CCCCCCCC/C=C\C=C/CCCCC)COC(=O)CCCCCCCCCCCCCC. The molecule has 0 aliphatic heterocycles. The van der Waals surface area contributed by atoms with Crippen LogP contribution >= 0.6 is 0 Å². The summed E-state index contributed by atoms with van der Waals surface area (Å²) in [4.78, 5) is 37.8. The van der Waals surface area contributed by atoms with Gasteiger partial charge in [0.25, 0.3) is 0 Å². The first-order valence-corrected chi connectivity index (χ1v) is 24.2. The van der Waals surface area contributed by atoms with E-state index in [1.54, 1.807) is 0 Å². The van der Waals surface area contributed by atoms with E-state index >= 15 is 0 Å². The van der Waals surface area contributed by atoms with Crippen molar-refractivity contribution in [2.75, 3.05) is 13.2 Å².